The van der Waals surface area contributed by atoms with Crippen LogP contribution >= 0.6 is 0 Å². The molecule has 1 aromatic carbocycles. The number of hydrogen-bond donors (Lipinski definition) is 1. The molecule has 0 saturated carbocycles. The van der Waals surface area contributed by atoms with Gasteiger partial charge in [0, 0.05) is 24.7 Å². The molecule has 0 atom stereocenters. The molecule has 0 amide bonds. The minimum Gasteiger partial charge on any atom is -0.454 e. The summed E-state index contributed by atoms with van der Waals surface area (Å²) >= 11 is 0. The van der Waals surface area contributed by atoms with E-state index in [9.17, 15) is 0 Å². The molecule has 2 N–H and O–H groups in total. The average Bonchev–Trinajstić information content (AvgIpc) is 2.83. The quantitative estimate of drug-likeness (QED) is 0.829. The van der Waals surface area contributed by atoms with Crippen LogP contribution < -0.4 is 15.2 Å². The standard InChI is InChI=1S/C12H14N2O2/c1-14-6-8(2-3-13)9-4-11-12(5-10(9)14)16-7-15-11/h4-6H,2-3,7,13H2,1H3. The Morgan fingerprint density at radius 1 is 1.31 bits per heavy atom. The minimum atomic E-state index is 0.317. The Bertz CT molecular complexity index is 545. The van der Waals surface area contributed by atoms with Crippen LogP contribution in [0.5, 0.6) is 11.5 Å². The number of aromatic nitrogens is 1. The van der Waals surface area contributed by atoms with E-state index in [4.69, 9.17) is 15.2 Å². The maximum atomic E-state index is 5.61. The van der Waals surface area contributed by atoms with E-state index >= 15 is 0 Å². The fourth-order valence-electron chi connectivity index (χ4n) is 2.21. The Morgan fingerprint density at radius 2 is 2.06 bits per heavy atom. The van der Waals surface area contributed by atoms with E-state index in [2.05, 4.69) is 10.8 Å². The fraction of sp³-hybridized carbons (Fsp3) is 0.333. The number of nitrogens with zero attached hydrogens (tertiary/aromatic N) is 1. The molecule has 0 bridgehead atoms. The summed E-state index contributed by atoms with van der Waals surface area (Å²) in [5, 5.41) is 1.21. The number of ether oxygens (including phenoxy) is 2. The van der Waals surface area contributed by atoms with Crippen LogP contribution in [-0.2, 0) is 13.5 Å². The Balaban J connectivity index is 2.24. The van der Waals surface area contributed by atoms with Crippen LogP contribution in [0.15, 0.2) is 18.3 Å². The van der Waals surface area contributed by atoms with E-state index in [-0.39, 0.29) is 0 Å². The summed E-state index contributed by atoms with van der Waals surface area (Å²) in [6.45, 7) is 0.978. The summed E-state index contributed by atoms with van der Waals surface area (Å²) in [4.78, 5) is 0. The molecule has 4 nitrogen and oxygen atoms in total. The Kier molecular flexibility index (Phi) is 2.04. The number of benzene rings is 1. The molecule has 0 radical (unpaired) electrons. The van der Waals surface area contributed by atoms with Crippen molar-refractivity contribution in [3.8, 4) is 11.5 Å². The van der Waals surface area contributed by atoms with Crippen molar-refractivity contribution in [2.75, 3.05) is 13.3 Å². The summed E-state index contributed by atoms with van der Waals surface area (Å²) in [5.74, 6) is 1.66. The summed E-state index contributed by atoms with van der Waals surface area (Å²) in [5.41, 5.74) is 8.03. The molecule has 16 heavy (non-hydrogen) atoms. The SMILES string of the molecule is Cn1cc(CCN)c2cc3c(cc21)OCO3. The second-order valence-electron chi connectivity index (χ2n) is 4.03. The number of aryl methyl sites for hydroxylation is 1. The van der Waals surface area contributed by atoms with Gasteiger partial charge in [0.15, 0.2) is 11.5 Å². The number of fused-ring (bicyclic) bond motifs is 2. The minimum absolute atomic E-state index is 0.317. The predicted octanol–water partition coefficient (Wildman–Crippen LogP) is 1.41. The maximum Gasteiger partial charge on any atom is 0.231 e. The molecule has 84 valence electrons. The first-order valence-electron chi connectivity index (χ1n) is 5.37. The molecule has 1 aliphatic heterocycles. The highest BCUT2D eigenvalue weighted by atomic mass is 16.7. The van der Waals surface area contributed by atoms with E-state index in [0.717, 1.165) is 23.4 Å². The third-order valence-corrected chi connectivity index (χ3v) is 2.98. The first-order chi connectivity index (χ1) is 7.79. The Hall–Kier alpha value is -1.68. The summed E-state index contributed by atoms with van der Waals surface area (Å²) < 4.78 is 12.9. The van der Waals surface area contributed by atoms with Crippen LogP contribution in [0.4, 0.5) is 0 Å². The first-order valence-corrected chi connectivity index (χ1v) is 5.37. The van der Waals surface area contributed by atoms with E-state index in [1.54, 1.807) is 0 Å². The van der Waals surface area contributed by atoms with Crippen LogP contribution in [0.2, 0.25) is 0 Å². The van der Waals surface area contributed by atoms with Crippen LogP contribution in [0.3, 0.4) is 0 Å². The lowest BCUT2D eigenvalue weighted by Crippen LogP contribution is -2.01. The van der Waals surface area contributed by atoms with Gasteiger partial charge in [-0.15, -0.1) is 0 Å². The first kappa shape index (κ1) is 9.54. The zero-order valence-electron chi connectivity index (χ0n) is 9.19. The van der Waals surface area contributed by atoms with Gasteiger partial charge < -0.3 is 19.8 Å². The van der Waals surface area contributed by atoms with E-state index in [1.807, 2.05) is 19.2 Å². The summed E-state index contributed by atoms with van der Waals surface area (Å²) in [6, 6.07) is 4.07. The van der Waals surface area contributed by atoms with Gasteiger partial charge in [-0.05, 0) is 24.6 Å². The molecule has 4 heteroatoms. The zero-order valence-corrected chi connectivity index (χ0v) is 9.19. The lowest BCUT2D eigenvalue weighted by atomic mass is 10.1. The van der Waals surface area contributed by atoms with Crippen molar-refractivity contribution in [1.29, 1.82) is 0 Å². The molecule has 3 rings (SSSR count). The predicted molar refractivity (Wildman–Crippen MR) is 61.8 cm³/mol. The third-order valence-electron chi connectivity index (χ3n) is 2.98. The van der Waals surface area contributed by atoms with E-state index in [1.165, 1.54) is 10.9 Å². The molecule has 0 saturated heterocycles. The van der Waals surface area contributed by atoms with Gasteiger partial charge in [-0.25, -0.2) is 0 Å². The van der Waals surface area contributed by atoms with Crippen molar-refractivity contribution >= 4 is 10.9 Å². The van der Waals surface area contributed by atoms with Gasteiger partial charge in [0.2, 0.25) is 6.79 Å². The van der Waals surface area contributed by atoms with Crippen molar-refractivity contribution in [1.82, 2.24) is 4.57 Å². The summed E-state index contributed by atoms with van der Waals surface area (Å²) in [6.07, 6.45) is 3.00. The van der Waals surface area contributed by atoms with Gasteiger partial charge in [0.25, 0.3) is 0 Å². The molecular formula is C12H14N2O2. The molecule has 0 fully saturated rings. The van der Waals surface area contributed by atoms with Crippen molar-refractivity contribution < 1.29 is 9.47 Å². The molecule has 1 aliphatic rings. The van der Waals surface area contributed by atoms with Crippen molar-refractivity contribution in [2.45, 2.75) is 6.42 Å². The van der Waals surface area contributed by atoms with Crippen LogP contribution in [0.25, 0.3) is 10.9 Å². The Labute approximate surface area is 93.6 Å². The van der Waals surface area contributed by atoms with E-state index in [0.29, 0.717) is 13.3 Å². The largest absolute Gasteiger partial charge is 0.454 e. The highest BCUT2D eigenvalue weighted by Crippen LogP contribution is 2.37. The lowest BCUT2D eigenvalue weighted by Gasteiger charge is -2.00. The fourth-order valence-corrected chi connectivity index (χ4v) is 2.21. The van der Waals surface area contributed by atoms with Crippen molar-refractivity contribution in [3.05, 3.63) is 23.9 Å². The number of hydrogen-bond acceptors (Lipinski definition) is 3. The highest BCUT2D eigenvalue weighted by Gasteiger charge is 2.17. The van der Waals surface area contributed by atoms with Gasteiger partial charge in [-0.2, -0.15) is 0 Å². The third kappa shape index (κ3) is 1.27. The molecule has 2 aromatic rings. The normalized spacial score (nSPS) is 13.6. The van der Waals surface area contributed by atoms with E-state index < -0.39 is 0 Å². The molecule has 0 aliphatic carbocycles. The van der Waals surface area contributed by atoms with Gasteiger partial charge in [-0.3, -0.25) is 0 Å². The molecular weight excluding hydrogens is 204 g/mol. The molecule has 0 spiro atoms. The topological polar surface area (TPSA) is 49.4 Å². The van der Waals surface area contributed by atoms with Gasteiger partial charge >= 0.3 is 0 Å². The number of nitrogens with two attached hydrogens (primary N) is 1. The lowest BCUT2D eigenvalue weighted by molar-refractivity contribution is 0.174. The zero-order chi connectivity index (χ0) is 11.1. The molecule has 1 aromatic heterocycles. The second-order valence-corrected chi connectivity index (χ2v) is 4.03. The van der Waals surface area contributed by atoms with Crippen LogP contribution in [0, 0.1) is 0 Å². The van der Waals surface area contributed by atoms with Gasteiger partial charge in [0.1, 0.15) is 0 Å². The average molecular weight is 218 g/mol. The van der Waals surface area contributed by atoms with Gasteiger partial charge in [-0.1, -0.05) is 0 Å². The Morgan fingerprint density at radius 3 is 2.81 bits per heavy atom. The smallest absolute Gasteiger partial charge is 0.231 e. The molecule has 2 heterocycles. The van der Waals surface area contributed by atoms with Crippen LogP contribution in [0.1, 0.15) is 5.56 Å². The number of rotatable bonds is 2. The monoisotopic (exact) mass is 218 g/mol. The van der Waals surface area contributed by atoms with Crippen molar-refractivity contribution in [3.63, 3.8) is 0 Å². The van der Waals surface area contributed by atoms with Crippen LogP contribution in [-0.4, -0.2) is 17.9 Å². The maximum absolute atomic E-state index is 5.61. The van der Waals surface area contributed by atoms with Crippen molar-refractivity contribution in [2.24, 2.45) is 12.8 Å². The van der Waals surface area contributed by atoms with Gasteiger partial charge in [0.05, 0.1) is 5.52 Å². The summed E-state index contributed by atoms with van der Waals surface area (Å²) in [7, 11) is 2.03. The second kappa shape index (κ2) is 3.42. The highest BCUT2D eigenvalue weighted by molar-refractivity contribution is 5.87. The molecule has 0 unspecified atom stereocenters.